The number of hydrogen-bond acceptors (Lipinski definition) is 6. The van der Waals surface area contributed by atoms with E-state index in [0.29, 0.717) is 40.4 Å². The summed E-state index contributed by atoms with van der Waals surface area (Å²) in [6.45, 7) is 1.05. The molecule has 3 heterocycles. The highest BCUT2D eigenvalue weighted by Crippen LogP contribution is 2.35. The Balaban J connectivity index is 1.62. The summed E-state index contributed by atoms with van der Waals surface area (Å²) >= 11 is 13.6. The zero-order chi connectivity index (χ0) is 20.6. The van der Waals surface area contributed by atoms with Gasteiger partial charge in [-0.05, 0) is 37.5 Å². The van der Waals surface area contributed by atoms with Crippen LogP contribution in [0.3, 0.4) is 0 Å². The van der Waals surface area contributed by atoms with Gasteiger partial charge in [-0.25, -0.2) is 13.4 Å². The fourth-order valence-corrected chi connectivity index (χ4v) is 6.75. The third-order valence-corrected chi connectivity index (χ3v) is 8.37. The quantitative estimate of drug-likeness (QED) is 0.652. The molecule has 0 aliphatic carbocycles. The third kappa shape index (κ3) is 4.77. The number of benzene rings is 1. The normalized spacial score (nSPS) is 23.4. The molecule has 2 saturated heterocycles. The molecule has 2 aromatic rings. The number of nitrogens with zero attached hydrogens (tertiary/aromatic N) is 2. The molecule has 0 N–H and O–H groups in total. The number of sulfone groups is 1. The molecule has 10 heteroatoms. The fourth-order valence-electron chi connectivity index (χ4n) is 3.67. The van der Waals surface area contributed by atoms with E-state index in [9.17, 15) is 13.2 Å². The average molecular weight is 475 g/mol. The van der Waals surface area contributed by atoms with Crippen molar-refractivity contribution >= 4 is 55.4 Å². The number of amides is 1. The van der Waals surface area contributed by atoms with Gasteiger partial charge in [0.25, 0.3) is 0 Å². The van der Waals surface area contributed by atoms with Crippen molar-refractivity contribution < 1.29 is 17.9 Å². The van der Waals surface area contributed by atoms with Crippen molar-refractivity contribution in [3.05, 3.63) is 33.6 Å². The van der Waals surface area contributed by atoms with Gasteiger partial charge >= 0.3 is 0 Å². The van der Waals surface area contributed by atoms with Gasteiger partial charge in [0.2, 0.25) is 5.91 Å². The number of anilines is 1. The molecule has 0 saturated carbocycles. The summed E-state index contributed by atoms with van der Waals surface area (Å²) in [4.78, 5) is 19.4. The van der Waals surface area contributed by atoms with Crippen LogP contribution < -0.4 is 4.90 Å². The molecule has 2 aliphatic heterocycles. The molecule has 4 rings (SSSR count). The molecule has 29 heavy (non-hydrogen) atoms. The van der Waals surface area contributed by atoms with Gasteiger partial charge in [-0.15, -0.1) is 11.3 Å². The first kappa shape index (κ1) is 21.1. The highest BCUT2D eigenvalue weighted by atomic mass is 35.5. The fraction of sp³-hybridized carbons (Fsp3) is 0.474. The van der Waals surface area contributed by atoms with E-state index in [-0.39, 0.29) is 23.5 Å². The van der Waals surface area contributed by atoms with Crippen LogP contribution in [0.25, 0.3) is 11.3 Å². The Morgan fingerprint density at radius 2 is 2.14 bits per heavy atom. The lowest BCUT2D eigenvalue weighted by Crippen LogP contribution is -2.41. The summed E-state index contributed by atoms with van der Waals surface area (Å²) in [7, 11) is -3.16. The maximum absolute atomic E-state index is 13.2. The summed E-state index contributed by atoms with van der Waals surface area (Å²) in [6.07, 6.45) is 2.11. The van der Waals surface area contributed by atoms with Crippen molar-refractivity contribution in [1.29, 1.82) is 0 Å². The third-order valence-electron chi connectivity index (χ3n) is 5.19. The summed E-state index contributed by atoms with van der Waals surface area (Å²) in [6, 6.07) is 5.18. The van der Waals surface area contributed by atoms with E-state index in [4.69, 9.17) is 27.9 Å². The molecule has 0 radical (unpaired) electrons. The van der Waals surface area contributed by atoms with Crippen molar-refractivity contribution in [2.75, 3.05) is 29.6 Å². The monoisotopic (exact) mass is 474 g/mol. The number of thiazole rings is 1. The van der Waals surface area contributed by atoms with Crippen molar-refractivity contribution in [2.24, 2.45) is 5.92 Å². The number of carbonyl (C=O) groups is 1. The smallest absolute Gasteiger partial charge is 0.233 e. The lowest BCUT2D eigenvalue weighted by molar-refractivity contribution is -0.122. The van der Waals surface area contributed by atoms with Crippen LogP contribution in [0.15, 0.2) is 23.6 Å². The molecular weight excluding hydrogens is 455 g/mol. The first-order chi connectivity index (χ1) is 13.8. The van der Waals surface area contributed by atoms with Crippen LogP contribution >= 0.6 is 34.5 Å². The van der Waals surface area contributed by atoms with Crippen LogP contribution in [0.4, 0.5) is 5.13 Å². The minimum Gasteiger partial charge on any atom is -0.376 e. The number of aromatic nitrogens is 1. The highest BCUT2D eigenvalue weighted by molar-refractivity contribution is 7.91. The zero-order valence-corrected chi connectivity index (χ0v) is 18.7. The molecule has 6 nitrogen and oxygen atoms in total. The molecule has 2 aliphatic rings. The Hall–Kier alpha value is -1.19. The predicted molar refractivity (Wildman–Crippen MR) is 116 cm³/mol. The number of rotatable bonds is 5. The van der Waals surface area contributed by atoms with Crippen LogP contribution in [0, 0.1) is 5.92 Å². The number of halogens is 2. The van der Waals surface area contributed by atoms with Crippen LogP contribution in [-0.2, 0) is 19.4 Å². The molecule has 1 amide bonds. The highest BCUT2D eigenvalue weighted by Gasteiger charge is 2.37. The van der Waals surface area contributed by atoms with Crippen molar-refractivity contribution in [3.63, 3.8) is 0 Å². The number of ether oxygens (including phenoxy) is 1. The molecule has 0 bridgehead atoms. The van der Waals surface area contributed by atoms with Crippen LogP contribution in [0.1, 0.15) is 19.3 Å². The lowest BCUT2D eigenvalue weighted by atomic mass is 10.1. The Morgan fingerprint density at radius 3 is 2.79 bits per heavy atom. The van der Waals surface area contributed by atoms with Crippen LogP contribution in [0.5, 0.6) is 0 Å². The Morgan fingerprint density at radius 1 is 1.31 bits per heavy atom. The van der Waals surface area contributed by atoms with E-state index in [0.717, 1.165) is 18.4 Å². The van der Waals surface area contributed by atoms with Crippen molar-refractivity contribution in [3.8, 4) is 11.3 Å². The Kier molecular flexibility index (Phi) is 6.18. The first-order valence-electron chi connectivity index (χ1n) is 9.37. The van der Waals surface area contributed by atoms with E-state index < -0.39 is 15.8 Å². The minimum atomic E-state index is -3.16. The van der Waals surface area contributed by atoms with Gasteiger partial charge in [0.05, 0.1) is 40.8 Å². The standard InChI is InChI=1S/C19H20Cl2N2O4S2/c20-13-3-4-15(16(21)8-13)17-10-28-19(22-17)23(9-14-2-1-6-27-14)18(24)12-5-7-29(25,26)11-12/h3-4,8,10,12,14H,1-2,5-7,9,11H2/t12-,14+/m1/s1. The summed E-state index contributed by atoms with van der Waals surface area (Å²) in [5.74, 6) is -0.784. The summed E-state index contributed by atoms with van der Waals surface area (Å²) < 4.78 is 29.4. The van der Waals surface area contributed by atoms with Crippen LogP contribution in [-0.4, -0.2) is 50.1 Å². The predicted octanol–water partition coefficient (Wildman–Crippen LogP) is 4.06. The molecule has 156 valence electrons. The zero-order valence-electron chi connectivity index (χ0n) is 15.5. The van der Waals surface area contributed by atoms with Crippen LogP contribution in [0.2, 0.25) is 10.0 Å². The van der Waals surface area contributed by atoms with Gasteiger partial charge in [0.1, 0.15) is 0 Å². The summed E-state index contributed by atoms with van der Waals surface area (Å²) in [5.41, 5.74) is 1.38. The number of hydrogen-bond donors (Lipinski definition) is 0. The molecule has 2 fully saturated rings. The Labute approximate surface area is 183 Å². The average Bonchev–Trinajstić information content (AvgIpc) is 3.40. The van der Waals surface area contributed by atoms with Gasteiger partial charge < -0.3 is 4.74 Å². The maximum atomic E-state index is 13.2. The van der Waals surface area contributed by atoms with Crippen molar-refractivity contribution in [2.45, 2.75) is 25.4 Å². The van der Waals surface area contributed by atoms with E-state index in [1.165, 1.54) is 11.3 Å². The molecule has 0 spiro atoms. The van der Waals surface area contributed by atoms with Gasteiger partial charge in [-0.3, -0.25) is 9.69 Å². The van der Waals surface area contributed by atoms with Gasteiger partial charge in [-0.2, -0.15) is 0 Å². The minimum absolute atomic E-state index is 0.0562. The lowest BCUT2D eigenvalue weighted by Gasteiger charge is -2.25. The second-order valence-electron chi connectivity index (χ2n) is 7.32. The molecule has 1 aromatic heterocycles. The van der Waals surface area contributed by atoms with Gasteiger partial charge in [0.15, 0.2) is 15.0 Å². The maximum Gasteiger partial charge on any atom is 0.233 e. The molecule has 1 aromatic carbocycles. The van der Waals surface area contributed by atoms with E-state index in [2.05, 4.69) is 4.98 Å². The topological polar surface area (TPSA) is 76.6 Å². The molecular formula is C19H20Cl2N2O4S2. The molecule has 0 unspecified atom stereocenters. The van der Waals surface area contributed by atoms with E-state index >= 15 is 0 Å². The SMILES string of the molecule is O=C([C@@H]1CCS(=O)(=O)C1)N(C[C@@H]1CCCO1)c1nc(-c2ccc(Cl)cc2Cl)cs1. The van der Waals surface area contributed by atoms with Gasteiger partial charge in [-0.1, -0.05) is 23.2 Å². The second-order valence-corrected chi connectivity index (χ2v) is 11.2. The molecule has 2 atom stereocenters. The number of carbonyl (C=O) groups excluding carboxylic acids is 1. The van der Waals surface area contributed by atoms with E-state index in [1.807, 2.05) is 5.38 Å². The largest absolute Gasteiger partial charge is 0.376 e. The second kappa shape index (κ2) is 8.51. The summed E-state index contributed by atoms with van der Waals surface area (Å²) in [5, 5.41) is 3.38. The Bertz CT molecular complexity index is 1020. The van der Waals surface area contributed by atoms with Crippen molar-refractivity contribution in [1.82, 2.24) is 4.98 Å². The first-order valence-corrected chi connectivity index (χ1v) is 12.8. The van der Waals surface area contributed by atoms with E-state index in [1.54, 1.807) is 23.1 Å². The van der Waals surface area contributed by atoms with Gasteiger partial charge in [0, 0.05) is 22.6 Å².